The number of aryl methyl sites for hydroxylation is 1. The number of carboxylic acids is 1. The van der Waals surface area contributed by atoms with Gasteiger partial charge in [-0.25, -0.2) is 0 Å². The number of carbonyl (C=O) groups is 1. The van der Waals surface area contributed by atoms with Gasteiger partial charge in [-0.15, -0.1) is 11.6 Å². The fourth-order valence-electron chi connectivity index (χ4n) is 1.05. The quantitative estimate of drug-likeness (QED) is 0.761. The molecule has 0 aliphatic heterocycles. The first-order valence-corrected chi connectivity index (χ1v) is 4.49. The first-order valence-electron chi connectivity index (χ1n) is 4.05. The van der Waals surface area contributed by atoms with Gasteiger partial charge in [-0.05, 0) is 13.0 Å². The Bertz CT molecular complexity index is 399. The molecule has 0 amide bonds. The summed E-state index contributed by atoms with van der Waals surface area (Å²) in [5.41, 5.74) is 0.362. The zero-order valence-electron chi connectivity index (χ0n) is 7.61. The molecule has 76 valence electrons. The second-order valence-corrected chi connectivity index (χ2v) is 3.48. The maximum absolute atomic E-state index is 11.4. The molecule has 1 unspecified atom stereocenters. The van der Waals surface area contributed by atoms with Gasteiger partial charge in [0.25, 0.3) is 5.56 Å². The predicted molar refractivity (Wildman–Crippen MR) is 52.7 cm³/mol. The van der Waals surface area contributed by atoms with E-state index >= 15 is 0 Å². The van der Waals surface area contributed by atoms with Crippen LogP contribution in [0, 0.1) is 6.92 Å². The van der Waals surface area contributed by atoms with Gasteiger partial charge < -0.3 is 9.67 Å². The van der Waals surface area contributed by atoms with Crippen molar-refractivity contribution in [3.8, 4) is 0 Å². The Kier molecular flexibility index (Phi) is 3.30. The van der Waals surface area contributed by atoms with Gasteiger partial charge in [0.05, 0.1) is 6.54 Å². The highest BCUT2D eigenvalue weighted by Crippen LogP contribution is 1.99. The average Bonchev–Trinajstić information content (AvgIpc) is 2.12. The van der Waals surface area contributed by atoms with Crippen molar-refractivity contribution >= 4 is 17.6 Å². The van der Waals surface area contributed by atoms with Crippen LogP contribution in [0.15, 0.2) is 23.1 Å². The summed E-state index contributed by atoms with van der Waals surface area (Å²) in [5.74, 6) is -1.12. The van der Waals surface area contributed by atoms with E-state index in [0.717, 1.165) is 0 Å². The fourth-order valence-corrected chi connectivity index (χ4v) is 1.20. The van der Waals surface area contributed by atoms with Crippen LogP contribution in [0.5, 0.6) is 0 Å². The third-order valence-corrected chi connectivity index (χ3v) is 2.16. The molecule has 0 fully saturated rings. The molecule has 0 saturated heterocycles. The number of alkyl halides is 1. The fraction of sp³-hybridized carbons (Fsp3) is 0.333. The van der Waals surface area contributed by atoms with Crippen molar-refractivity contribution in [1.29, 1.82) is 0 Å². The zero-order chi connectivity index (χ0) is 10.7. The minimum atomic E-state index is -1.12. The molecular formula is C9H10ClNO3. The van der Waals surface area contributed by atoms with E-state index < -0.39 is 11.3 Å². The molecule has 5 heteroatoms. The van der Waals surface area contributed by atoms with Crippen molar-refractivity contribution in [1.82, 2.24) is 4.57 Å². The van der Waals surface area contributed by atoms with Gasteiger partial charge in [0.2, 0.25) is 0 Å². The van der Waals surface area contributed by atoms with Gasteiger partial charge >= 0.3 is 5.97 Å². The molecule has 0 radical (unpaired) electrons. The summed E-state index contributed by atoms with van der Waals surface area (Å²) in [6, 6.07) is 3.35. The van der Waals surface area contributed by atoms with Crippen LogP contribution in [0.25, 0.3) is 0 Å². The Hall–Kier alpha value is -1.29. The van der Waals surface area contributed by atoms with E-state index in [4.69, 9.17) is 16.7 Å². The Morgan fingerprint density at radius 2 is 2.36 bits per heavy atom. The average molecular weight is 216 g/mol. The highest BCUT2D eigenvalue weighted by molar-refractivity contribution is 6.29. The molecule has 4 nitrogen and oxygen atoms in total. The number of carboxylic acid groups (broad SMARTS) is 1. The first-order chi connectivity index (χ1) is 6.52. The van der Waals surface area contributed by atoms with Crippen LogP contribution in [0.3, 0.4) is 0 Å². The zero-order valence-corrected chi connectivity index (χ0v) is 8.36. The molecule has 1 heterocycles. The van der Waals surface area contributed by atoms with Crippen molar-refractivity contribution in [2.45, 2.75) is 18.8 Å². The summed E-state index contributed by atoms with van der Waals surface area (Å²) in [4.78, 5) is 21.9. The van der Waals surface area contributed by atoms with Gasteiger partial charge in [0.15, 0.2) is 0 Å². The van der Waals surface area contributed by atoms with Crippen LogP contribution in [0.1, 0.15) is 5.56 Å². The standard InChI is InChI=1S/C9H10ClNO3/c1-6-3-2-4-11(8(6)12)5-7(10)9(13)14/h2-4,7H,5H2,1H3,(H,13,14). The van der Waals surface area contributed by atoms with Crippen LogP contribution in [0.2, 0.25) is 0 Å². The van der Waals surface area contributed by atoms with E-state index in [1.54, 1.807) is 19.1 Å². The minimum absolute atomic E-state index is 0.0165. The van der Waals surface area contributed by atoms with Crippen LogP contribution in [-0.2, 0) is 11.3 Å². The van der Waals surface area contributed by atoms with Crippen LogP contribution in [-0.4, -0.2) is 21.0 Å². The number of aromatic nitrogens is 1. The van der Waals surface area contributed by atoms with E-state index in [9.17, 15) is 9.59 Å². The summed E-state index contributed by atoms with van der Waals surface area (Å²) >= 11 is 5.52. The van der Waals surface area contributed by atoms with Gasteiger partial charge in [0.1, 0.15) is 5.38 Å². The molecule has 0 aliphatic rings. The summed E-state index contributed by atoms with van der Waals surface area (Å²) in [5, 5.41) is 7.48. The number of aliphatic carboxylic acids is 1. The van der Waals surface area contributed by atoms with Crippen molar-refractivity contribution in [3.63, 3.8) is 0 Å². The summed E-state index contributed by atoms with van der Waals surface area (Å²) in [6.07, 6.45) is 1.52. The second-order valence-electron chi connectivity index (χ2n) is 2.95. The molecule has 0 bridgehead atoms. The maximum atomic E-state index is 11.4. The SMILES string of the molecule is Cc1cccn(CC(Cl)C(=O)O)c1=O. The van der Waals surface area contributed by atoms with Gasteiger partial charge in [0, 0.05) is 11.8 Å². The smallest absolute Gasteiger partial charge is 0.323 e. The molecule has 0 aromatic carbocycles. The van der Waals surface area contributed by atoms with E-state index in [1.807, 2.05) is 0 Å². The van der Waals surface area contributed by atoms with Crippen LogP contribution >= 0.6 is 11.6 Å². The monoisotopic (exact) mass is 215 g/mol. The molecular weight excluding hydrogens is 206 g/mol. The molecule has 0 spiro atoms. The Morgan fingerprint density at radius 3 is 2.93 bits per heavy atom. The molecule has 14 heavy (non-hydrogen) atoms. The summed E-state index contributed by atoms with van der Waals surface area (Å²) < 4.78 is 1.29. The number of halogens is 1. The van der Waals surface area contributed by atoms with E-state index in [-0.39, 0.29) is 12.1 Å². The molecule has 1 atom stereocenters. The minimum Gasteiger partial charge on any atom is -0.480 e. The van der Waals surface area contributed by atoms with Crippen molar-refractivity contribution in [2.75, 3.05) is 0 Å². The van der Waals surface area contributed by atoms with E-state index in [2.05, 4.69) is 0 Å². The third-order valence-electron chi connectivity index (χ3n) is 1.84. The lowest BCUT2D eigenvalue weighted by atomic mass is 10.3. The van der Waals surface area contributed by atoms with E-state index in [1.165, 1.54) is 10.8 Å². The van der Waals surface area contributed by atoms with Gasteiger partial charge in [-0.2, -0.15) is 0 Å². The van der Waals surface area contributed by atoms with Crippen molar-refractivity contribution in [2.24, 2.45) is 0 Å². The van der Waals surface area contributed by atoms with Gasteiger partial charge in [-0.3, -0.25) is 9.59 Å². The number of rotatable bonds is 3. The molecule has 0 saturated carbocycles. The topological polar surface area (TPSA) is 59.3 Å². The lowest BCUT2D eigenvalue weighted by molar-refractivity contribution is -0.136. The van der Waals surface area contributed by atoms with Gasteiger partial charge in [-0.1, -0.05) is 6.07 Å². The van der Waals surface area contributed by atoms with Crippen LogP contribution < -0.4 is 5.56 Å². The number of pyridine rings is 1. The lowest BCUT2D eigenvalue weighted by Crippen LogP contribution is -2.28. The largest absolute Gasteiger partial charge is 0.480 e. The number of nitrogens with zero attached hydrogens (tertiary/aromatic N) is 1. The molecule has 1 rings (SSSR count). The molecule has 1 N–H and O–H groups in total. The highest BCUT2D eigenvalue weighted by atomic mass is 35.5. The lowest BCUT2D eigenvalue weighted by Gasteiger charge is -2.07. The number of hydrogen-bond donors (Lipinski definition) is 1. The Labute approximate surface area is 85.7 Å². The van der Waals surface area contributed by atoms with E-state index in [0.29, 0.717) is 5.56 Å². The molecule has 1 aromatic heterocycles. The van der Waals surface area contributed by atoms with Crippen molar-refractivity contribution in [3.05, 3.63) is 34.2 Å². The first kappa shape index (κ1) is 10.8. The maximum Gasteiger partial charge on any atom is 0.323 e. The highest BCUT2D eigenvalue weighted by Gasteiger charge is 2.14. The predicted octanol–water partition coefficient (Wildman–Crippen LogP) is 0.849. The molecule has 0 aliphatic carbocycles. The Balaban J connectivity index is 2.93. The third kappa shape index (κ3) is 2.35. The van der Waals surface area contributed by atoms with Crippen molar-refractivity contribution < 1.29 is 9.90 Å². The number of hydrogen-bond acceptors (Lipinski definition) is 2. The van der Waals surface area contributed by atoms with Crippen LogP contribution in [0.4, 0.5) is 0 Å². The Morgan fingerprint density at radius 1 is 1.71 bits per heavy atom. The summed E-state index contributed by atoms with van der Waals surface area (Å²) in [6.45, 7) is 1.65. The normalized spacial score (nSPS) is 12.4. The molecule has 1 aromatic rings. The summed E-state index contributed by atoms with van der Waals surface area (Å²) in [7, 11) is 0. The second kappa shape index (κ2) is 4.28.